The van der Waals surface area contributed by atoms with E-state index in [2.05, 4.69) is 4.72 Å². The molecule has 0 saturated heterocycles. The molecule has 3 aromatic carbocycles. The van der Waals surface area contributed by atoms with Crippen LogP contribution < -0.4 is 4.72 Å². The predicted molar refractivity (Wildman–Crippen MR) is 106 cm³/mol. The molecule has 0 bridgehead atoms. The number of hydrogen-bond acceptors (Lipinski definition) is 3. The van der Waals surface area contributed by atoms with Gasteiger partial charge in [-0.3, -0.25) is 9.52 Å². The fourth-order valence-corrected chi connectivity index (χ4v) is 3.76. The number of halogens is 3. The van der Waals surface area contributed by atoms with Crippen molar-refractivity contribution in [1.82, 2.24) is 4.90 Å². The molecule has 0 aliphatic rings. The van der Waals surface area contributed by atoms with E-state index in [1.165, 1.54) is 42.3 Å². The van der Waals surface area contributed by atoms with Gasteiger partial charge in [-0.2, -0.15) is 0 Å². The van der Waals surface area contributed by atoms with Crippen molar-refractivity contribution in [3.05, 3.63) is 95.3 Å². The highest BCUT2D eigenvalue weighted by Gasteiger charge is 2.17. The van der Waals surface area contributed by atoms with Crippen LogP contribution >= 0.6 is 0 Å². The molecule has 3 aromatic rings. The lowest BCUT2D eigenvalue weighted by Crippen LogP contribution is -2.26. The lowest BCUT2D eigenvalue weighted by molar-refractivity contribution is 0.0784. The van der Waals surface area contributed by atoms with Crippen molar-refractivity contribution in [2.24, 2.45) is 0 Å². The number of carbonyl (C=O) groups is 1. The van der Waals surface area contributed by atoms with Gasteiger partial charge in [-0.25, -0.2) is 21.6 Å². The number of amides is 1. The maximum Gasteiger partial charge on any atom is 0.261 e. The van der Waals surface area contributed by atoms with E-state index in [1.54, 1.807) is 0 Å². The topological polar surface area (TPSA) is 66.5 Å². The second kappa shape index (κ2) is 8.58. The molecule has 30 heavy (non-hydrogen) atoms. The first-order valence-electron chi connectivity index (χ1n) is 8.73. The average molecular weight is 434 g/mol. The van der Waals surface area contributed by atoms with Crippen LogP contribution in [0, 0.1) is 17.5 Å². The Morgan fingerprint density at radius 1 is 0.900 bits per heavy atom. The molecular formula is C21H17F3N2O3S. The Bertz CT molecular complexity index is 1170. The zero-order chi connectivity index (χ0) is 21.9. The lowest BCUT2D eigenvalue weighted by Gasteiger charge is -2.18. The standard InChI is InChI=1S/C21H17F3N2O3S/c1-26(13-15-2-5-17(23)12-20(15)24)21(27)14-3-8-18(9-4-14)25-30(28,29)19-10-6-16(22)7-11-19/h2-12,25H,13H2,1H3. The van der Waals surface area contributed by atoms with Crippen LogP contribution in [0.4, 0.5) is 18.9 Å². The van der Waals surface area contributed by atoms with Gasteiger partial charge in [-0.1, -0.05) is 6.07 Å². The number of nitrogens with zero attached hydrogens (tertiary/aromatic N) is 1. The van der Waals surface area contributed by atoms with Gasteiger partial charge in [0.2, 0.25) is 0 Å². The molecule has 0 aliphatic heterocycles. The molecule has 0 fully saturated rings. The molecular weight excluding hydrogens is 417 g/mol. The monoisotopic (exact) mass is 434 g/mol. The van der Waals surface area contributed by atoms with Crippen molar-refractivity contribution in [3.63, 3.8) is 0 Å². The Balaban J connectivity index is 1.70. The first-order chi connectivity index (χ1) is 14.2. The summed E-state index contributed by atoms with van der Waals surface area (Å²) in [6.45, 7) is -0.0656. The maximum absolute atomic E-state index is 13.8. The number of sulfonamides is 1. The third kappa shape index (κ3) is 4.98. The van der Waals surface area contributed by atoms with Gasteiger partial charge >= 0.3 is 0 Å². The summed E-state index contributed by atoms with van der Waals surface area (Å²) in [4.78, 5) is 13.7. The number of carbonyl (C=O) groups excluding carboxylic acids is 1. The molecule has 5 nitrogen and oxygen atoms in total. The van der Waals surface area contributed by atoms with Gasteiger partial charge in [0.1, 0.15) is 17.5 Å². The van der Waals surface area contributed by atoms with E-state index >= 15 is 0 Å². The summed E-state index contributed by atoms with van der Waals surface area (Å²) in [5.41, 5.74) is 0.629. The fourth-order valence-electron chi connectivity index (χ4n) is 2.71. The van der Waals surface area contributed by atoms with Gasteiger partial charge < -0.3 is 4.90 Å². The minimum Gasteiger partial charge on any atom is -0.337 e. The number of anilines is 1. The third-order valence-corrected chi connectivity index (χ3v) is 5.67. The van der Waals surface area contributed by atoms with Crippen molar-refractivity contribution in [3.8, 4) is 0 Å². The molecule has 0 unspecified atom stereocenters. The minimum absolute atomic E-state index is 0.0656. The highest BCUT2D eigenvalue weighted by atomic mass is 32.2. The summed E-state index contributed by atoms with van der Waals surface area (Å²) < 4.78 is 66.8. The van der Waals surface area contributed by atoms with Crippen LogP contribution in [0.15, 0.2) is 71.6 Å². The number of hydrogen-bond donors (Lipinski definition) is 1. The zero-order valence-corrected chi connectivity index (χ0v) is 16.6. The fraction of sp³-hybridized carbons (Fsp3) is 0.0952. The normalized spacial score (nSPS) is 11.2. The van der Waals surface area contributed by atoms with Gasteiger partial charge in [0.25, 0.3) is 15.9 Å². The molecule has 0 heterocycles. The molecule has 0 spiro atoms. The highest BCUT2D eigenvalue weighted by Crippen LogP contribution is 2.18. The first kappa shape index (κ1) is 21.4. The zero-order valence-electron chi connectivity index (χ0n) is 15.8. The minimum atomic E-state index is -3.91. The average Bonchev–Trinajstić information content (AvgIpc) is 2.70. The number of benzene rings is 3. The molecule has 0 aliphatic carbocycles. The van der Waals surface area contributed by atoms with Crippen molar-refractivity contribution in [2.45, 2.75) is 11.4 Å². The van der Waals surface area contributed by atoms with Crippen molar-refractivity contribution < 1.29 is 26.4 Å². The molecule has 1 amide bonds. The Labute approximate surface area is 171 Å². The largest absolute Gasteiger partial charge is 0.337 e. The van der Waals surface area contributed by atoms with Gasteiger partial charge in [-0.05, 0) is 54.6 Å². The summed E-state index contributed by atoms with van der Waals surface area (Å²) in [6.07, 6.45) is 0. The van der Waals surface area contributed by atoms with E-state index < -0.39 is 33.4 Å². The van der Waals surface area contributed by atoms with Crippen LogP contribution in [-0.4, -0.2) is 26.3 Å². The van der Waals surface area contributed by atoms with E-state index in [-0.39, 0.29) is 28.3 Å². The van der Waals surface area contributed by atoms with Crippen molar-refractivity contribution >= 4 is 21.6 Å². The molecule has 0 atom stereocenters. The van der Waals surface area contributed by atoms with Crippen LogP contribution in [0.2, 0.25) is 0 Å². The molecule has 0 saturated carbocycles. The second-order valence-electron chi connectivity index (χ2n) is 6.53. The summed E-state index contributed by atoms with van der Waals surface area (Å²) in [6, 6.07) is 13.1. The number of rotatable bonds is 6. The second-order valence-corrected chi connectivity index (χ2v) is 8.22. The Morgan fingerprint density at radius 3 is 2.10 bits per heavy atom. The van der Waals surface area contributed by atoms with Gasteiger partial charge in [0, 0.05) is 36.5 Å². The molecule has 9 heteroatoms. The molecule has 1 N–H and O–H groups in total. The summed E-state index contributed by atoms with van der Waals surface area (Å²) in [7, 11) is -2.44. The predicted octanol–water partition coefficient (Wildman–Crippen LogP) is 4.18. The molecule has 156 valence electrons. The van der Waals surface area contributed by atoms with Crippen LogP contribution in [0.5, 0.6) is 0 Å². The van der Waals surface area contributed by atoms with Crippen LogP contribution in [0.1, 0.15) is 15.9 Å². The molecule has 3 rings (SSSR count). The van der Waals surface area contributed by atoms with Crippen LogP contribution in [0.25, 0.3) is 0 Å². The smallest absolute Gasteiger partial charge is 0.261 e. The van der Waals surface area contributed by atoms with Crippen LogP contribution in [0.3, 0.4) is 0 Å². The third-order valence-electron chi connectivity index (χ3n) is 4.28. The SMILES string of the molecule is CN(Cc1ccc(F)cc1F)C(=O)c1ccc(NS(=O)(=O)c2ccc(F)cc2)cc1. The van der Waals surface area contributed by atoms with Crippen molar-refractivity contribution in [2.75, 3.05) is 11.8 Å². The van der Waals surface area contributed by atoms with Gasteiger partial charge in [-0.15, -0.1) is 0 Å². The molecule has 0 aromatic heterocycles. The first-order valence-corrected chi connectivity index (χ1v) is 10.2. The highest BCUT2D eigenvalue weighted by molar-refractivity contribution is 7.92. The Kier molecular flexibility index (Phi) is 6.12. The van der Waals surface area contributed by atoms with Crippen molar-refractivity contribution in [1.29, 1.82) is 0 Å². The summed E-state index contributed by atoms with van der Waals surface area (Å²) in [5, 5.41) is 0. The summed E-state index contributed by atoms with van der Waals surface area (Å²) in [5.74, 6) is -2.43. The van der Waals surface area contributed by atoms with E-state index in [4.69, 9.17) is 0 Å². The maximum atomic E-state index is 13.8. The number of nitrogens with one attached hydrogen (secondary N) is 1. The van der Waals surface area contributed by atoms with E-state index in [1.807, 2.05) is 0 Å². The Morgan fingerprint density at radius 2 is 1.50 bits per heavy atom. The Hall–Kier alpha value is -3.33. The quantitative estimate of drug-likeness (QED) is 0.633. The van der Waals surface area contributed by atoms with E-state index in [0.29, 0.717) is 0 Å². The van der Waals surface area contributed by atoms with E-state index in [0.717, 1.165) is 36.4 Å². The van der Waals surface area contributed by atoms with Gasteiger partial charge in [0.15, 0.2) is 0 Å². The molecule has 0 radical (unpaired) electrons. The summed E-state index contributed by atoms with van der Waals surface area (Å²) >= 11 is 0. The van der Waals surface area contributed by atoms with E-state index in [9.17, 15) is 26.4 Å². The van der Waals surface area contributed by atoms with Crippen LogP contribution in [-0.2, 0) is 16.6 Å². The van der Waals surface area contributed by atoms with Gasteiger partial charge in [0.05, 0.1) is 4.90 Å². The lowest BCUT2D eigenvalue weighted by atomic mass is 10.1.